The molecule has 4 heterocycles. The number of hydrogen-bond acceptors (Lipinski definition) is 5. The second kappa shape index (κ2) is 6.50. The van der Waals surface area contributed by atoms with E-state index in [1.54, 1.807) is 10.8 Å². The van der Waals surface area contributed by atoms with Crippen molar-refractivity contribution in [1.29, 1.82) is 0 Å². The van der Waals surface area contributed by atoms with Crippen LogP contribution in [0.5, 0.6) is 0 Å². The van der Waals surface area contributed by atoms with Crippen molar-refractivity contribution in [3.05, 3.63) is 48.2 Å². The van der Waals surface area contributed by atoms with Crippen LogP contribution in [0.1, 0.15) is 30.9 Å². The van der Waals surface area contributed by atoms with E-state index in [0.29, 0.717) is 5.92 Å². The highest BCUT2D eigenvalue weighted by molar-refractivity contribution is 5.76. The normalized spacial score (nSPS) is 11.5. The summed E-state index contributed by atoms with van der Waals surface area (Å²) in [6.07, 6.45) is 7.29. The Morgan fingerprint density at radius 1 is 1.11 bits per heavy atom. The predicted octanol–water partition coefficient (Wildman–Crippen LogP) is 3.68. The third-order valence-electron chi connectivity index (χ3n) is 4.74. The van der Waals surface area contributed by atoms with Crippen LogP contribution in [0.15, 0.2) is 37.1 Å². The van der Waals surface area contributed by atoms with Crippen molar-refractivity contribution in [2.75, 3.05) is 19.0 Å². The lowest BCUT2D eigenvalue weighted by atomic mass is 9.94. The van der Waals surface area contributed by atoms with Crippen LogP contribution in [0.2, 0.25) is 0 Å². The highest BCUT2D eigenvalue weighted by atomic mass is 15.3. The second-order valence-electron chi connectivity index (χ2n) is 7.28. The molecule has 0 aliphatic rings. The molecule has 0 fully saturated rings. The van der Waals surface area contributed by atoms with Gasteiger partial charge in [-0.3, -0.25) is 10.1 Å². The highest BCUT2D eigenvalue weighted by Crippen LogP contribution is 2.36. The summed E-state index contributed by atoms with van der Waals surface area (Å²) in [4.78, 5) is 10.7. The molecule has 7 heteroatoms. The first-order valence-electron chi connectivity index (χ1n) is 8.97. The number of aryl methyl sites for hydroxylation is 1. The fourth-order valence-corrected chi connectivity index (χ4v) is 3.39. The van der Waals surface area contributed by atoms with Gasteiger partial charge in [0.1, 0.15) is 6.33 Å². The maximum Gasteiger partial charge on any atom is 0.158 e. The number of nitrogens with zero attached hydrogens (tertiary/aromatic N) is 6. The minimum Gasteiger partial charge on any atom is -0.376 e. The third-order valence-corrected chi connectivity index (χ3v) is 4.74. The van der Waals surface area contributed by atoms with Crippen LogP contribution in [-0.4, -0.2) is 43.9 Å². The maximum absolute atomic E-state index is 4.66. The molecule has 138 valence electrons. The first-order chi connectivity index (χ1) is 13.0. The van der Waals surface area contributed by atoms with Gasteiger partial charge in [0.2, 0.25) is 0 Å². The summed E-state index contributed by atoms with van der Waals surface area (Å²) < 4.78 is 1.80. The van der Waals surface area contributed by atoms with E-state index in [-0.39, 0.29) is 0 Å². The van der Waals surface area contributed by atoms with Gasteiger partial charge in [-0.1, -0.05) is 13.8 Å². The molecule has 0 saturated carbocycles. The fourth-order valence-electron chi connectivity index (χ4n) is 3.39. The minimum absolute atomic E-state index is 0.295. The van der Waals surface area contributed by atoms with Gasteiger partial charge < -0.3 is 4.90 Å². The molecule has 27 heavy (non-hydrogen) atoms. The molecule has 0 spiro atoms. The van der Waals surface area contributed by atoms with Crippen molar-refractivity contribution in [1.82, 2.24) is 29.8 Å². The number of aromatic nitrogens is 6. The Kier molecular flexibility index (Phi) is 4.14. The lowest BCUT2D eigenvalue weighted by Crippen LogP contribution is -2.08. The predicted molar refractivity (Wildman–Crippen MR) is 107 cm³/mol. The summed E-state index contributed by atoms with van der Waals surface area (Å²) >= 11 is 0. The van der Waals surface area contributed by atoms with Gasteiger partial charge in [0, 0.05) is 43.2 Å². The van der Waals surface area contributed by atoms with E-state index in [1.807, 2.05) is 44.5 Å². The first kappa shape index (κ1) is 17.2. The Hall–Kier alpha value is -3.22. The van der Waals surface area contributed by atoms with Crippen LogP contribution >= 0.6 is 0 Å². The Balaban J connectivity index is 1.89. The Labute approximate surface area is 158 Å². The number of rotatable bonds is 4. The van der Waals surface area contributed by atoms with Crippen LogP contribution in [0.25, 0.3) is 28.2 Å². The fraction of sp³-hybridized carbons (Fsp3) is 0.300. The van der Waals surface area contributed by atoms with Gasteiger partial charge in [-0.2, -0.15) is 10.2 Å². The molecule has 1 N–H and O–H groups in total. The molecule has 0 radical (unpaired) electrons. The molecule has 0 unspecified atom stereocenters. The third kappa shape index (κ3) is 2.95. The van der Waals surface area contributed by atoms with Gasteiger partial charge >= 0.3 is 0 Å². The van der Waals surface area contributed by atoms with Crippen LogP contribution < -0.4 is 4.90 Å². The monoisotopic (exact) mass is 361 g/mol. The van der Waals surface area contributed by atoms with Crippen molar-refractivity contribution in [2.45, 2.75) is 26.7 Å². The highest BCUT2D eigenvalue weighted by Gasteiger charge is 2.20. The molecule has 4 rings (SSSR count). The minimum atomic E-state index is 0.295. The summed E-state index contributed by atoms with van der Waals surface area (Å²) in [6.45, 7) is 6.41. The quantitative estimate of drug-likeness (QED) is 0.600. The van der Waals surface area contributed by atoms with Crippen LogP contribution in [0, 0.1) is 6.92 Å². The molecule has 0 saturated heterocycles. The zero-order chi connectivity index (χ0) is 19.1. The van der Waals surface area contributed by atoms with Crippen molar-refractivity contribution < 1.29 is 0 Å². The number of fused-ring (bicyclic) bond motifs is 1. The van der Waals surface area contributed by atoms with Gasteiger partial charge in [0.05, 0.1) is 23.3 Å². The molecular weight excluding hydrogens is 338 g/mol. The van der Waals surface area contributed by atoms with Crippen molar-refractivity contribution >= 4 is 11.3 Å². The molecule has 4 aromatic heterocycles. The lowest BCUT2D eigenvalue weighted by molar-refractivity contribution is 0.871. The zero-order valence-corrected chi connectivity index (χ0v) is 16.2. The number of H-pyrrole nitrogens is 1. The van der Waals surface area contributed by atoms with Crippen LogP contribution in [0.4, 0.5) is 5.69 Å². The average Bonchev–Trinajstić information content (AvgIpc) is 3.28. The second-order valence-corrected chi connectivity index (χ2v) is 7.28. The molecule has 0 aromatic carbocycles. The van der Waals surface area contributed by atoms with Crippen molar-refractivity contribution in [2.24, 2.45) is 0 Å². The van der Waals surface area contributed by atoms with Crippen molar-refractivity contribution in [3.63, 3.8) is 0 Å². The molecule has 0 aliphatic carbocycles. The van der Waals surface area contributed by atoms with Gasteiger partial charge in [-0.25, -0.2) is 9.50 Å². The average molecular weight is 361 g/mol. The van der Waals surface area contributed by atoms with E-state index in [9.17, 15) is 0 Å². The molecule has 4 aromatic rings. The topological polar surface area (TPSA) is 75.0 Å². The summed E-state index contributed by atoms with van der Waals surface area (Å²) in [5.74, 6) is 0.295. The van der Waals surface area contributed by atoms with E-state index in [0.717, 1.165) is 39.4 Å². The summed E-state index contributed by atoms with van der Waals surface area (Å²) in [5, 5.41) is 12.2. The SMILES string of the molecule is Cc1cc(-c2n[nH]c(-c3cncc(N(C)C)c3)c2C(C)C)cn2ncnc12. The first-order valence-corrected chi connectivity index (χ1v) is 8.97. The van der Waals surface area contributed by atoms with Gasteiger partial charge in [-0.05, 0) is 30.5 Å². The van der Waals surface area contributed by atoms with Gasteiger partial charge in [0.25, 0.3) is 0 Å². The van der Waals surface area contributed by atoms with Crippen LogP contribution in [0.3, 0.4) is 0 Å². The van der Waals surface area contributed by atoms with Crippen LogP contribution in [-0.2, 0) is 0 Å². The zero-order valence-electron chi connectivity index (χ0n) is 16.2. The van der Waals surface area contributed by atoms with E-state index >= 15 is 0 Å². The molecule has 0 bridgehead atoms. The lowest BCUT2D eigenvalue weighted by Gasteiger charge is -2.14. The molecule has 0 amide bonds. The molecule has 0 aliphatic heterocycles. The number of anilines is 1. The maximum atomic E-state index is 4.66. The Morgan fingerprint density at radius 2 is 1.93 bits per heavy atom. The summed E-state index contributed by atoms with van der Waals surface area (Å²) in [5.41, 5.74) is 8.16. The molecule has 7 nitrogen and oxygen atoms in total. The summed E-state index contributed by atoms with van der Waals surface area (Å²) in [7, 11) is 4.03. The number of aromatic amines is 1. The number of pyridine rings is 2. The molecule has 0 atom stereocenters. The van der Waals surface area contributed by atoms with E-state index in [2.05, 4.69) is 51.2 Å². The van der Waals surface area contributed by atoms with E-state index in [4.69, 9.17) is 0 Å². The summed E-state index contributed by atoms with van der Waals surface area (Å²) in [6, 6.07) is 4.24. The van der Waals surface area contributed by atoms with E-state index < -0.39 is 0 Å². The Bertz CT molecular complexity index is 1100. The van der Waals surface area contributed by atoms with E-state index in [1.165, 1.54) is 5.56 Å². The van der Waals surface area contributed by atoms with Gasteiger partial charge in [-0.15, -0.1) is 0 Å². The largest absolute Gasteiger partial charge is 0.376 e. The Morgan fingerprint density at radius 3 is 2.67 bits per heavy atom. The molecular formula is C20H23N7. The van der Waals surface area contributed by atoms with Crippen molar-refractivity contribution in [3.8, 4) is 22.5 Å². The standard InChI is InChI=1S/C20H23N7/c1-12(2)17-18(14-7-16(26(4)5)9-21-8-14)24-25-19(17)15-6-13(3)20-22-11-23-27(20)10-15/h6-12H,1-5H3,(H,24,25). The number of nitrogens with one attached hydrogen (secondary N) is 1. The smallest absolute Gasteiger partial charge is 0.158 e. The van der Waals surface area contributed by atoms with Gasteiger partial charge in [0.15, 0.2) is 5.65 Å². The number of hydrogen-bond donors (Lipinski definition) is 1.